The Balaban J connectivity index is 0.00000208. The molecular formula is C18H21ClN2O3. The van der Waals surface area contributed by atoms with E-state index in [1.807, 2.05) is 18.2 Å². The normalized spacial score (nSPS) is 11.9. The molecule has 0 saturated carbocycles. The Morgan fingerprint density at radius 2 is 2.08 bits per heavy atom. The van der Waals surface area contributed by atoms with Gasteiger partial charge in [-0.1, -0.05) is 6.07 Å². The first-order valence-corrected chi connectivity index (χ1v) is 7.56. The molecule has 0 radical (unpaired) electrons. The third-order valence-electron chi connectivity index (χ3n) is 4.07. The molecule has 2 aromatic carbocycles. The van der Waals surface area contributed by atoms with E-state index in [9.17, 15) is 9.90 Å². The molecule has 0 atom stereocenters. The quantitative estimate of drug-likeness (QED) is 0.891. The Hall–Kier alpha value is -2.40. The fraction of sp³-hybridized carbons (Fsp3) is 0.278. The number of rotatable bonds is 4. The molecule has 128 valence electrons. The molecule has 1 aliphatic heterocycles. The van der Waals surface area contributed by atoms with Crippen LogP contribution in [-0.4, -0.2) is 36.6 Å². The Morgan fingerprint density at radius 3 is 2.83 bits per heavy atom. The summed E-state index contributed by atoms with van der Waals surface area (Å²) in [6, 6.07) is 10.9. The lowest BCUT2D eigenvalue weighted by molar-refractivity contribution is 0.0785. The molecule has 0 aliphatic carbocycles. The van der Waals surface area contributed by atoms with Crippen LogP contribution in [0.3, 0.4) is 0 Å². The maximum Gasteiger partial charge on any atom is 0.253 e. The summed E-state index contributed by atoms with van der Waals surface area (Å²) in [5, 5.41) is 12.9. The van der Waals surface area contributed by atoms with Crippen molar-refractivity contribution < 1.29 is 14.6 Å². The van der Waals surface area contributed by atoms with Crippen LogP contribution >= 0.6 is 12.4 Å². The first-order chi connectivity index (χ1) is 11.1. The second-order valence-electron chi connectivity index (χ2n) is 5.72. The van der Waals surface area contributed by atoms with Gasteiger partial charge in [-0.2, -0.15) is 0 Å². The number of ether oxygens (including phenoxy) is 1. The zero-order valence-electron chi connectivity index (χ0n) is 13.7. The van der Waals surface area contributed by atoms with Crippen LogP contribution in [0.2, 0.25) is 0 Å². The molecule has 6 heteroatoms. The topological polar surface area (TPSA) is 61.8 Å². The minimum atomic E-state index is -0.0215. The summed E-state index contributed by atoms with van der Waals surface area (Å²) in [5.41, 5.74) is 3.90. The monoisotopic (exact) mass is 348 g/mol. The maximum atomic E-state index is 12.6. The van der Waals surface area contributed by atoms with E-state index in [0.717, 1.165) is 24.2 Å². The minimum Gasteiger partial charge on any atom is -0.504 e. The number of benzene rings is 2. The number of carbonyl (C=O) groups excluding carboxylic acids is 1. The molecule has 3 rings (SSSR count). The number of halogens is 1. The Labute approximate surface area is 147 Å². The average molecular weight is 349 g/mol. The molecule has 24 heavy (non-hydrogen) atoms. The largest absolute Gasteiger partial charge is 0.504 e. The lowest BCUT2D eigenvalue weighted by Crippen LogP contribution is -2.26. The van der Waals surface area contributed by atoms with E-state index in [2.05, 4.69) is 5.32 Å². The third kappa shape index (κ3) is 3.57. The van der Waals surface area contributed by atoms with Crippen molar-refractivity contribution in [1.82, 2.24) is 4.90 Å². The highest BCUT2D eigenvalue weighted by Crippen LogP contribution is 2.27. The highest BCUT2D eigenvalue weighted by Gasteiger charge is 2.17. The molecule has 0 aromatic heterocycles. The van der Waals surface area contributed by atoms with Crippen LogP contribution in [0.25, 0.3) is 0 Å². The van der Waals surface area contributed by atoms with Crippen molar-refractivity contribution >= 4 is 24.0 Å². The Morgan fingerprint density at radius 1 is 1.29 bits per heavy atom. The summed E-state index contributed by atoms with van der Waals surface area (Å²) in [5.74, 6) is 0.482. The highest BCUT2D eigenvalue weighted by atomic mass is 35.5. The molecular weight excluding hydrogens is 328 g/mol. The van der Waals surface area contributed by atoms with Crippen molar-refractivity contribution in [3.8, 4) is 11.5 Å². The van der Waals surface area contributed by atoms with Crippen molar-refractivity contribution in [2.24, 2.45) is 0 Å². The second-order valence-corrected chi connectivity index (χ2v) is 5.72. The number of fused-ring (bicyclic) bond motifs is 1. The molecule has 0 spiro atoms. The summed E-state index contributed by atoms with van der Waals surface area (Å²) in [4.78, 5) is 14.3. The van der Waals surface area contributed by atoms with Gasteiger partial charge in [-0.15, -0.1) is 12.4 Å². The summed E-state index contributed by atoms with van der Waals surface area (Å²) in [6.45, 7) is 1.38. The average Bonchev–Trinajstić information content (AvgIpc) is 3.03. The number of nitrogens with zero attached hydrogens (tertiary/aromatic N) is 1. The second kappa shape index (κ2) is 7.45. The summed E-state index contributed by atoms with van der Waals surface area (Å²) < 4.78 is 5.10. The number of carbonyl (C=O) groups is 1. The van der Waals surface area contributed by atoms with Crippen LogP contribution in [0.15, 0.2) is 36.4 Å². The van der Waals surface area contributed by atoms with Gasteiger partial charge in [0.25, 0.3) is 5.91 Å². The van der Waals surface area contributed by atoms with E-state index in [1.54, 1.807) is 30.1 Å². The smallest absolute Gasteiger partial charge is 0.253 e. The summed E-state index contributed by atoms with van der Waals surface area (Å²) in [7, 11) is 3.28. The highest BCUT2D eigenvalue weighted by molar-refractivity contribution is 5.94. The molecule has 0 bridgehead atoms. The number of amides is 1. The van der Waals surface area contributed by atoms with Crippen molar-refractivity contribution in [2.45, 2.75) is 13.0 Å². The van der Waals surface area contributed by atoms with Crippen molar-refractivity contribution in [3.63, 3.8) is 0 Å². The first-order valence-electron chi connectivity index (χ1n) is 7.56. The summed E-state index contributed by atoms with van der Waals surface area (Å²) >= 11 is 0. The predicted molar refractivity (Wildman–Crippen MR) is 96.3 cm³/mol. The molecule has 5 nitrogen and oxygen atoms in total. The van der Waals surface area contributed by atoms with Crippen LogP contribution in [0.1, 0.15) is 21.5 Å². The van der Waals surface area contributed by atoms with E-state index in [-0.39, 0.29) is 24.1 Å². The number of aromatic hydroxyl groups is 1. The van der Waals surface area contributed by atoms with Gasteiger partial charge in [0.1, 0.15) is 0 Å². The number of methoxy groups -OCH3 is 1. The van der Waals surface area contributed by atoms with Gasteiger partial charge in [-0.05, 0) is 47.9 Å². The molecule has 1 heterocycles. The summed E-state index contributed by atoms with van der Waals surface area (Å²) in [6.07, 6.45) is 0.954. The molecule has 1 amide bonds. The number of anilines is 1. The minimum absolute atomic E-state index is 0. The lowest BCUT2D eigenvalue weighted by atomic mass is 10.1. The van der Waals surface area contributed by atoms with Gasteiger partial charge >= 0.3 is 0 Å². The number of nitrogens with one attached hydrogen (secondary N) is 1. The maximum absolute atomic E-state index is 12.6. The van der Waals surface area contributed by atoms with Gasteiger partial charge in [0.2, 0.25) is 0 Å². The van der Waals surface area contributed by atoms with Crippen LogP contribution in [-0.2, 0) is 13.0 Å². The van der Waals surface area contributed by atoms with Gasteiger partial charge in [0.05, 0.1) is 7.11 Å². The van der Waals surface area contributed by atoms with Crippen LogP contribution in [0.4, 0.5) is 5.69 Å². The molecule has 2 aromatic rings. The predicted octanol–water partition coefficient (Wildman–Crippen LogP) is 3.06. The van der Waals surface area contributed by atoms with Crippen LogP contribution in [0.5, 0.6) is 11.5 Å². The molecule has 2 N–H and O–H groups in total. The van der Waals surface area contributed by atoms with Gasteiger partial charge in [0.15, 0.2) is 11.5 Å². The zero-order chi connectivity index (χ0) is 16.4. The van der Waals surface area contributed by atoms with Crippen LogP contribution in [0, 0.1) is 0 Å². The van der Waals surface area contributed by atoms with Crippen molar-refractivity contribution in [3.05, 3.63) is 53.1 Å². The number of phenolic OH excluding ortho intramolecular Hbond substituents is 1. The first kappa shape index (κ1) is 17.9. The molecule has 0 saturated heterocycles. The lowest BCUT2D eigenvalue weighted by Gasteiger charge is -2.18. The van der Waals surface area contributed by atoms with E-state index in [0.29, 0.717) is 17.9 Å². The molecule has 0 fully saturated rings. The molecule has 0 unspecified atom stereocenters. The van der Waals surface area contributed by atoms with Crippen molar-refractivity contribution in [2.75, 3.05) is 26.0 Å². The number of hydrogen-bond donors (Lipinski definition) is 2. The van der Waals surface area contributed by atoms with Gasteiger partial charge in [-0.3, -0.25) is 4.79 Å². The van der Waals surface area contributed by atoms with E-state index >= 15 is 0 Å². The van der Waals surface area contributed by atoms with E-state index < -0.39 is 0 Å². The van der Waals surface area contributed by atoms with E-state index in [4.69, 9.17) is 4.74 Å². The SMILES string of the molecule is COc1cc(CN(C)C(=O)c2ccc3c(c2)CCN3)ccc1O.Cl. The van der Waals surface area contributed by atoms with Gasteiger partial charge in [-0.25, -0.2) is 0 Å². The number of phenols is 1. The Bertz CT molecular complexity index is 749. The Kier molecular flexibility index (Phi) is 5.57. The number of hydrogen-bond acceptors (Lipinski definition) is 4. The fourth-order valence-electron chi connectivity index (χ4n) is 2.82. The van der Waals surface area contributed by atoms with Crippen LogP contribution < -0.4 is 10.1 Å². The van der Waals surface area contributed by atoms with Crippen molar-refractivity contribution in [1.29, 1.82) is 0 Å². The third-order valence-corrected chi connectivity index (χ3v) is 4.07. The van der Waals surface area contributed by atoms with E-state index in [1.165, 1.54) is 12.7 Å². The van der Waals surface area contributed by atoms with Gasteiger partial charge < -0.3 is 20.1 Å². The van der Waals surface area contributed by atoms with Gasteiger partial charge in [0, 0.05) is 31.4 Å². The standard InChI is InChI=1S/C18H20N2O3.ClH/c1-20(11-12-3-6-16(21)17(9-12)23-2)18(22)14-4-5-15-13(10-14)7-8-19-15;/h3-6,9-10,19,21H,7-8,11H2,1-2H3;1H. The molecule has 1 aliphatic rings. The zero-order valence-corrected chi connectivity index (χ0v) is 14.5. The fourth-order valence-corrected chi connectivity index (χ4v) is 2.82.